The van der Waals surface area contributed by atoms with Gasteiger partial charge in [0.25, 0.3) is 0 Å². The van der Waals surface area contributed by atoms with Crippen LogP contribution in [0.3, 0.4) is 0 Å². The van der Waals surface area contributed by atoms with E-state index in [9.17, 15) is 0 Å². The van der Waals surface area contributed by atoms with Crippen LogP contribution in [0.5, 0.6) is 0 Å². The Bertz CT molecular complexity index is 272. The molecular weight excluding hydrogens is 250 g/mol. The van der Waals surface area contributed by atoms with Gasteiger partial charge >= 0.3 is 0 Å². The van der Waals surface area contributed by atoms with Gasteiger partial charge in [-0.25, -0.2) is 0 Å². The van der Waals surface area contributed by atoms with Crippen LogP contribution < -0.4 is 5.32 Å². The lowest BCUT2D eigenvalue weighted by Crippen LogP contribution is -2.48. The maximum Gasteiger partial charge on any atom is 0.0521 e. The normalized spacial score (nSPS) is 32.1. The molecule has 0 saturated carbocycles. The average Bonchev–Trinajstić information content (AvgIpc) is 2.88. The first kappa shape index (κ1) is 16.2. The lowest BCUT2D eigenvalue weighted by Gasteiger charge is -2.36. The topological polar surface area (TPSA) is 27.7 Å². The van der Waals surface area contributed by atoms with E-state index in [0.717, 1.165) is 38.8 Å². The average molecular weight is 283 g/mol. The van der Waals surface area contributed by atoms with E-state index in [1.807, 2.05) is 0 Å². The quantitative estimate of drug-likeness (QED) is 0.765. The van der Waals surface area contributed by atoms with Crippen molar-refractivity contribution >= 4 is 0 Å². The smallest absolute Gasteiger partial charge is 0.0521 e. The van der Waals surface area contributed by atoms with E-state index >= 15 is 0 Å². The van der Waals surface area contributed by atoms with Gasteiger partial charge in [0, 0.05) is 37.7 Å². The summed E-state index contributed by atoms with van der Waals surface area (Å²) >= 11 is 0. The van der Waals surface area contributed by atoms with E-state index in [1.165, 1.54) is 32.5 Å². The minimum absolute atomic E-state index is 0.641. The molecule has 3 unspecified atom stereocenters. The van der Waals surface area contributed by atoms with E-state index in [4.69, 9.17) is 4.74 Å². The van der Waals surface area contributed by atoms with Crippen molar-refractivity contribution in [2.75, 3.05) is 53.0 Å². The van der Waals surface area contributed by atoms with Gasteiger partial charge < -0.3 is 15.0 Å². The maximum atomic E-state index is 5.69. The van der Waals surface area contributed by atoms with Crippen LogP contribution in [0.15, 0.2) is 0 Å². The van der Waals surface area contributed by atoms with E-state index in [2.05, 4.69) is 36.0 Å². The Balaban J connectivity index is 1.78. The Morgan fingerprint density at radius 1 is 1.25 bits per heavy atom. The molecule has 0 aromatic rings. The molecule has 0 amide bonds. The summed E-state index contributed by atoms with van der Waals surface area (Å²) in [4.78, 5) is 5.16. The molecule has 0 spiro atoms. The van der Waals surface area contributed by atoms with E-state index in [0.29, 0.717) is 12.0 Å². The molecule has 2 heterocycles. The summed E-state index contributed by atoms with van der Waals surface area (Å²) in [5.74, 6) is 0.644. The standard InChI is InChI=1S/C16H33N3O/c1-4-17-16-8-10-20-13-14(16)11-18(3)12-15-7-6-9-19(15)5-2/h14-17H,4-13H2,1-3H3. The number of likely N-dealkylation sites (tertiary alicyclic amines) is 1. The van der Waals surface area contributed by atoms with Gasteiger partial charge in [0.05, 0.1) is 6.61 Å². The van der Waals surface area contributed by atoms with Crippen LogP contribution in [-0.2, 0) is 4.74 Å². The van der Waals surface area contributed by atoms with Gasteiger partial charge in [-0.1, -0.05) is 13.8 Å². The summed E-state index contributed by atoms with van der Waals surface area (Å²) in [6.45, 7) is 12.3. The molecule has 2 aliphatic rings. The van der Waals surface area contributed by atoms with Gasteiger partial charge in [-0.15, -0.1) is 0 Å². The lowest BCUT2D eigenvalue weighted by molar-refractivity contribution is 0.0177. The van der Waals surface area contributed by atoms with Gasteiger partial charge in [-0.05, 0) is 45.9 Å². The van der Waals surface area contributed by atoms with Crippen molar-refractivity contribution in [1.29, 1.82) is 0 Å². The number of ether oxygens (including phenoxy) is 1. The van der Waals surface area contributed by atoms with E-state index in [1.54, 1.807) is 0 Å². The van der Waals surface area contributed by atoms with E-state index in [-0.39, 0.29) is 0 Å². The summed E-state index contributed by atoms with van der Waals surface area (Å²) in [7, 11) is 2.28. The van der Waals surface area contributed by atoms with Crippen molar-refractivity contribution < 1.29 is 4.74 Å². The summed E-state index contributed by atoms with van der Waals surface area (Å²) in [5, 5.41) is 3.64. The summed E-state index contributed by atoms with van der Waals surface area (Å²) in [6, 6.07) is 1.41. The van der Waals surface area contributed by atoms with Crippen molar-refractivity contribution in [2.24, 2.45) is 5.92 Å². The van der Waals surface area contributed by atoms with Crippen LogP contribution >= 0.6 is 0 Å². The third kappa shape index (κ3) is 4.42. The third-order valence-corrected chi connectivity index (χ3v) is 4.91. The van der Waals surface area contributed by atoms with Crippen molar-refractivity contribution in [2.45, 2.75) is 45.2 Å². The largest absolute Gasteiger partial charge is 0.381 e. The molecule has 20 heavy (non-hydrogen) atoms. The van der Waals surface area contributed by atoms with Crippen molar-refractivity contribution in [3.8, 4) is 0 Å². The van der Waals surface area contributed by atoms with Gasteiger partial charge in [0.1, 0.15) is 0 Å². The van der Waals surface area contributed by atoms with Gasteiger partial charge in [0.2, 0.25) is 0 Å². The highest BCUT2D eigenvalue weighted by atomic mass is 16.5. The summed E-state index contributed by atoms with van der Waals surface area (Å²) in [6.07, 6.45) is 3.91. The number of likely N-dealkylation sites (N-methyl/N-ethyl adjacent to an activating group) is 2. The first-order valence-corrected chi connectivity index (χ1v) is 8.48. The molecule has 3 atom stereocenters. The van der Waals surface area contributed by atoms with Crippen molar-refractivity contribution in [3.63, 3.8) is 0 Å². The molecule has 0 aliphatic carbocycles. The zero-order valence-corrected chi connectivity index (χ0v) is 13.6. The Labute approximate surface area is 124 Å². The van der Waals surface area contributed by atoms with Gasteiger partial charge in [-0.3, -0.25) is 4.90 Å². The molecule has 2 aliphatic heterocycles. The molecule has 0 aromatic carbocycles. The molecule has 2 fully saturated rings. The van der Waals surface area contributed by atoms with Crippen LogP contribution in [0.2, 0.25) is 0 Å². The SMILES string of the molecule is CCNC1CCOCC1CN(C)CC1CCCN1CC. The molecule has 2 saturated heterocycles. The highest BCUT2D eigenvalue weighted by Crippen LogP contribution is 2.20. The summed E-state index contributed by atoms with van der Waals surface area (Å²) in [5.41, 5.74) is 0. The molecular formula is C16H33N3O. The molecule has 1 N–H and O–H groups in total. The second-order valence-corrected chi connectivity index (χ2v) is 6.43. The zero-order chi connectivity index (χ0) is 14.4. The van der Waals surface area contributed by atoms with Crippen LogP contribution in [-0.4, -0.2) is 74.9 Å². The van der Waals surface area contributed by atoms with Crippen LogP contribution in [0.25, 0.3) is 0 Å². The fourth-order valence-electron chi connectivity index (χ4n) is 3.86. The van der Waals surface area contributed by atoms with Crippen molar-refractivity contribution in [1.82, 2.24) is 15.1 Å². The van der Waals surface area contributed by atoms with Crippen LogP contribution in [0.4, 0.5) is 0 Å². The molecule has 0 bridgehead atoms. The molecule has 2 rings (SSSR count). The van der Waals surface area contributed by atoms with Crippen LogP contribution in [0, 0.1) is 5.92 Å². The highest BCUT2D eigenvalue weighted by Gasteiger charge is 2.28. The lowest BCUT2D eigenvalue weighted by atomic mass is 9.95. The number of hydrogen-bond acceptors (Lipinski definition) is 4. The first-order chi connectivity index (χ1) is 9.74. The number of hydrogen-bond donors (Lipinski definition) is 1. The second-order valence-electron chi connectivity index (χ2n) is 6.43. The predicted octanol–water partition coefficient (Wildman–Crippen LogP) is 1.42. The number of nitrogens with zero attached hydrogens (tertiary/aromatic N) is 2. The first-order valence-electron chi connectivity index (χ1n) is 8.48. The predicted molar refractivity (Wildman–Crippen MR) is 84.2 cm³/mol. The number of nitrogens with one attached hydrogen (secondary N) is 1. The molecule has 4 nitrogen and oxygen atoms in total. The van der Waals surface area contributed by atoms with Crippen molar-refractivity contribution in [3.05, 3.63) is 0 Å². The number of rotatable bonds is 7. The molecule has 0 radical (unpaired) electrons. The Hall–Kier alpha value is -0.160. The fourth-order valence-corrected chi connectivity index (χ4v) is 3.86. The minimum atomic E-state index is 0.641. The fraction of sp³-hybridized carbons (Fsp3) is 1.00. The Morgan fingerprint density at radius 2 is 2.10 bits per heavy atom. The molecule has 118 valence electrons. The highest BCUT2D eigenvalue weighted by molar-refractivity contribution is 4.84. The molecule has 0 aromatic heterocycles. The minimum Gasteiger partial charge on any atom is -0.381 e. The zero-order valence-electron chi connectivity index (χ0n) is 13.6. The molecule has 4 heteroatoms. The monoisotopic (exact) mass is 283 g/mol. The maximum absolute atomic E-state index is 5.69. The Morgan fingerprint density at radius 3 is 2.85 bits per heavy atom. The summed E-state index contributed by atoms with van der Waals surface area (Å²) < 4.78 is 5.69. The Kier molecular flexibility index (Phi) is 6.75. The van der Waals surface area contributed by atoms with Gasteiger partial charge in [0.15, 0.2) is 0 Å². The third-order valence-electron chi connectivity index (χ3n) is 4.91. The second kappa shape index (κ2) is 8.32. The van der Waals surface area contributed by atoms with Crippen LogP contribution in [0.1, 0.15) is 33.1 Å². The van der Waals surface area contributed by atoms with E-state index < -0.39 is 0 Å². The van der Waals surface area contributed by atoms with Gasteiger partial charge in [-0.2, -0.15) is 0 Å².